The fourth-order valence-corrected chi connectivity index (χ4v) is 3.88. The molecule has 0 fully saturated rings. The van der Waals surface area contributed by atoms with Crippen LogP contribution in [0.5, 0.6) is 0 Å². The van der Waals surface area contributed by atoms with Gasteiger partial charge >= 0.3 is 6.18 Å². The molecule has 0 bridgehead atoms. The molecule has 7 heteroatoms. The third-order valence-corrected chi connectivity index (χ3v) is 5.42. The highest BCUT2D eigenvalue weighted by atomic mass is 19.4. The molecule has 1 heterocycles. The first-order valence-corrected chi connectivity index (χ1v) is 9.85. The molecule has 0 saturated carbocycles. The highest BCUT2D eigenvalue weighted by Gasteiger charge is 2.41. The van der Waals surface area contributed by atoms with Crippen LogP contribution in [-0.2, 0) is 12.1 Å². The van der Waals surface area contributed by atoms with Crippen LogP contribution in [0.15, 0.2) is 78.9 Å². The molecule has 31 heavy (non-hydrogen) atoms. The van der Waals surface area contributed by atoms with Gasteiger partial charge in [0, 0.05) is 6.54 Å². The largest absolute Gasteiger partial charge is 0.418 e. The number of rotatable bonds is 5. The number of nitrogens with zero attached hydrogens (tertiary/aromatic N) is 2. The van der Waals surface area contributed by atoms with Gasteiger partial charge in [0.15, 0.2) is 17.5 Å². The summed E-state index contributed by atoms with van der Waals surface area (Å²) in [7, 11) is 0. The molecule has 4 nitrogen and oxygen atoms in total. The predicted octanol–water partition coefficient (Wildman–Crippen LogP) is 4.94. The Balaban J connectivity index is 1.98. The summed E-state index contributed by atoms with van der Waals surface area (Å²) < 4.78 is 40.8. The van der Waals surface area contributed by atoms with E-state index in [1.165, 1.54) is 18.2 Å². The number of imidazole rings is 1. The monoisotopic (exact) mass is 426 g/mol. The van der Waals surface area contributed by atoms with E-state index < -0.39 is 17.9 Å². The van der Waals surface area contributed by atoms with Crippen LogP contribution in [0.25, 0.3) is 11.0 Å². The molecule has 2 N–H and O–H groups in total. The third-order valence-electron chi connectivity index (χ3n) is 5.42. The summed E-state index contributed by atoms with van der Waals surface area (Å²) in [5.74, 6) is 0.293. The SMILES string of the molecule is CCn1c(C(O)(c2ccccc2)c2ccccc2)nc2ccc(C(O)C(F)(F)F)cc21. The van der Waals surface area contributed by atoms with Crippen molar-refractivity contribution in [2.45, 2.75) is 31.3 Å². The van der Waals surface area contributed by atoms with E-state index in [-0.39, 0.29) is 5.56 Å². The van der Waals surface area contributed by atoms with Crippen molar-refractivity contribution in [1.29, 1.82) is 0 Å². The first kappa shape index (κ1) is 21.1. The molecule has 0 aliphatic heterocycles. The Bertz CT molecular complexity index is 1150. The van der Waals surface area contributed by atoms with E-state index >= 15 is 0 Å². The normalized spacial score (nSPS) is 13.5. The molecule has 3 aromatic carbocycles. The van der Waals surface area contributed by atoms with Crippen LogP contribution >= 0.6 is 0 Å². The van der Waals surface area contributed by atoms with Gasteiger partial charge in [-0.25, -0.2) is 4.98 Å². The quantitative estimate of drug-likeness (QED) is 0.476. The summed E-state index contributed by atoms with van der Waals surface area (Å²) in [4.78, 5) is 4.62. The van der Waals surface area contributed by atoms with Crippen molar-refractivity contribution in [3.8, 4) is 0 Å². The molecule has 4 rings (SSSR count). The second kappa shape index (κ2) is 7.83. The Morgan fingerprint density at radius 3 is 1.94 bits per heavy atom. The van der Waals surface area contributed by atoms with Crippen LogP contribution in [0.2, 0.25) is 0 Å². The standard InChI is InChI=1S/C24H21F3N2O2/c1-2-29-20-15-16(21(30)24(25,26)27)13-14-19(20)28-22(29)23(31,17-9-5-3-6-10-17)18-11-7-4-8-12-18/h3-15,21,30-31H,2H2,1H3. The number of aromatic nitrogens is 2. The van der Waals surface area contributed by atoms with Gasteiger partial charge in [0.05, 0.1) is 11.0 Å². The fraction of sp³-hybridized carbons (Fsp3) is 0.208. The predicted molar refractivity (Wildman–Crippen MR) is 111 cm³/mol. The van der Waals surface area contributed by atoms with Gasteiger partial charge < -0.3 is 14.8 Å². The number of benzene rings is 3. The number of fused-ring (bicyclic) bond motifs is 1. The molecular weight excluding hydrogens is 405 g/mol. The highest BCUT2D eigenvalue weighted by Crippen LogP contribution is 2.39. The van der Waals surface area contributed by atoms with Gasteiger partial charge in [0.25, 0.3) is 0 Å². The number of hydrogen-bond acceptors (Lipinski definition) is 3. The Hall–Kier alpha value is -3.16. The minimum absolute atomic E-state index is 0.274. The smallest absolute Gasteiger partial charge is 0.379 e. The number of halogens is 3. The van der Waals surface area contributed by atoms with E-state index in [0.717, 1.165) is 0 Å². The number of alkyl halides is 3. The average molecular weight is 426 g/mol. The van der Waals surface area contributed by atoms with Gasteiger partial charge in [0.1, 0.15) is 0 Å². The summed E-state index contributed by atoms with van der Waals surface area (Å²) in [6.07, 6.45) is -7.37. The zero-order chi connectivity index (χ0) is 22.2. The van der Waals surface area contributed by atoms with Crippen molar-refractivity contribution in [2.75, 3.05) is 0 Å². The Morgan fingerprint density at radius 2 is 1.45 bits per heavy atom. The van der Waals surface area contributed by atoms with E-state index in [4.69, 9.17) is 0 Å². The zero-order valence-electron chi connectivity index (χ0n) is 16.7. The van der Waals surface area contributed by atoms with Crippen molar-refractivity contribution >= 4 is 11.0 Å². The number of aliphatic hydroxyl groups is 2. The maximum absolute atomic E-state index is 13.0. The average Bonchev–Trinajstić information content (AvgIpc) is 3.16. The maximum atomic E-state index is 13.0. The lowest BCUT2D eigenvalue weighted by molar-refractivity contribution is -0.206. The molecule has 0 amide bonds. The zero-order valence-corrected chi connectivity index (χ0v) is 16.7. The number of aliphatic hydroxyl groups excluding tert-OH is 1. The van der Waals surface area contributed by atoms with E-state index in [2.05, 4.69) is 4.98 Å². The number of aryl methyl sites for hydroxylation is 1. The van der Waals surface area contributed by atoms with Crippen LogP contribution in [0.4, 0.5) is 13.2 Å². The van der Waals surface area contributed by atoms with Crippen molar-refractivity contribution in [3.63, 3.8) is 0 Å². The van der Waals surface area contributed by atoms with E-state index in [9.17, 15) is 23.4 Å². The molecular formula is C24H21F3N2O2. The summed E-state index contributed by atoms with van der Waals surface area (Å²) in [5, 5.41) is 21.7. The van der Waals surface area contributed by atoms with Crippen LogP contribution in [0.3, 0.4) is 0 Å². The second-order valence-corrected chi connectivity index (χ2v) is 7.31. The van der Waals surface area contributed by atoms with Gasteiger partial charge in [-0.3, -0.25) is 0 Å². The molecule has 0 aliphatic rings. The van der Waals surface area contributed by atoms with Crippen molar-refractivity contribution in [3.05, 3.63) is 101 Å². The summed E-state index contributed by atoms with van der Waals surface area (Å²) in [6.45, 7) is 2.19. The molecule has 0 saturated heterocycles. The lowest BCUT2D eigenvalue weighted by Crippen LogP contribution is -2.32. The molecule has 4 aromatic rings. The lowest BCUT2D eigenvalue weighted by atomic mass is 9.85. The van der Waals surface area contributed by atoms with Crippen LogP contribution in [0, 0.1) is 0 Å². The Morgan fingerprint density at radius 1 is 0.903 bits per heavy atom. The minimum atomic E-state index is -4.78. The molecule has 1 aromatic heterocycles. The Kier molecular flexibility index (Phi) is 5.33. The molecule has 1 unspecified atom stereocenters. The molecule has 160 valence electrons. The molecule has 0 aliphatic carbocycles. The number of hydrogen-bond donors (Lipinski definition) is 2. The van der Waals surface area contributed by atoms with Gasteiger partial charge in [-0.05, 0) is 35.7 Å². The van der Waals surface area contributed by atoms with E-state index in [1.54, 1.807) is 53.1 Å². The second-order valence-electron chi connectivity index (χ2n) is 7.31. The topological polar surface area (TPSA) is 58.3 Å². The van der Waals surface area contributed by atoms with Crippen LogP contribution in [-0.4, -0.2) is 25.9 Å². The highest BCUT2D eigenvalue weighted by molar-refractivity contribution is 5.78. The first-order chi connectivity index (χ1) is 14.8. The Labute approximate surface area is 177 Å². The maximum Gasteiger partial charge on any atom is 0.418 e. The van der Waals surface area contributed by atoms with Crippen molar-refractivity contribution in [1.82, 2.24) is 9.55 Å². The third kappa shape index (κ3) is 3.60. The summed E-state index contributed by atoms with van der Waals surface area (Å²) in [5.41, 5.74) is 0.108. The van der Waals surface area contributed by atoms with Crippen molar-refractivity contribution in [2.24, 2.45) is 0 Å². The van der Waals surface area contributed by atoms with Gasteiger partial charge in [-0.15, -0.1) is 0 Å². The summed E-state index contributed by atoms with van der Waals surface area (Å²) in [6, 6.07) is 22.0. The fourth-order valence-electron chi connectivity index (χ4n) is 3.88. The van der Waals surface area contributed by atoms with Crippen LogP contribution < -0.4 is 0 Å². The first-order valence-electron chi connectivity index (χ1n) is 9.85. The molecule has 0 radical (unpaired) electrons. The molecule has 0 spiro atoms. The summed E-state index contributed by atoms with van der Waals surface area (Å²) >= 11 is 0. The lowest BCUT2D eigenvalue weighted by Gasteiger charge is -2.29. The van der Waals surface area contributed by atoms with E-state index in [0.29, 0.717) is 34.5 Å². The minimum Gasteiger partial charge on any atom is -0.379 e. The van der Waals surface area contributed by atoms with Gasteiger partial charge in [-0.2, -0.15) is 13.2 Å². The van der Waals surface area contributed by atoms with Gasteiger partial charge in [-0.1, -0.05) is 66.7 Å². The van der Waals surface area contributed by atoms with Crippen LogP contribution in [0.1, 0.15) is 35.5 Å². The van der Waals surface area contributed by atoms with E-state index in [1.807, 2.05) is 19.1 Å². The van der Waals surface area contributed by atoms with Crippen molar-refractivity contribution < 1.29 is 23.4 Å². The van der Waals surface area contributed by atoms with Gasteiger partial charge in [0.2, 0.25) is 0 Å². The molecule has 1 atom stereocenters.